The molecule has 2 aliphatic rings. The number of hydrogen-bond acceptors (Lipinski definition) is 5. The van der Waals surface area contributed by atoms with Crippen LogP contribution in [0.4, 0.5) is 4.39 Å². The number of benzene rings is 1. The molecule has 0 aliphatic carbocycles. The number of aromatic nitrogens is 1. The van der Waals surface area contributed by atoms with E-state index in [1.54, 1.807) is 11.1 Å². The van der Waals surface area contributed by atoms with Crippen molar-refractivity contribution in [2.24, 2.45) is 0 Å². The SMILES string of the molecule is Cc1cc2c(cn1)C(=O)N1CCN(S(=O)(=O)c3cccc(OCF)c3)CC21C. The van der Waals surface area contributed by atoms with E-state index in [2.05, 4.69) is 4.98 Å². The number of hydrogen-bond donors (Lipinski definition) is 0. The fraction of sp³-hybridized carbons (Fsp3) is 0.368. The van der Waals surface area contributed by atoms with Gasteiger partial charge in [-0.2, -0.15) is 4.31 Å². The molecule has 28 heavy (non-hydrogen) atoms. The van der Waals surface area contributed by atoms with E-state index in [1.807, 2.05) is 19.9 Å². The highest BCUT2D eigenvalue weighted by Gasteiger charge is 2.51. The van der Waals surface area contributed by atoms with Gasteiger partial charge in [-0.3, -0.25) is 9.78 Å². The number of fused-ring (bicyclic) bond motifs is 3. The summed E-state index contributed by atoms with van der Waals surface area (Å²) in [6, 6.07) is 7.63. The molecule has 1 aromatic heterocycles. The van der Waals surface area contributed by atoms with Crippen LogP contribution in [0.15, 0.2) is 41.4 Å². The fourth-order valence-corrected chi connectivity index (χ4v) is 5.54. The third-order valence-electron chi connectivity index (χ3n) is 5.41. The molecule has 2 aromatic rings. The maximum atomic E-state index is 13.2. The van der Waals surface area contributed by atoms with Crippen molar-refractivity contribution >= 4 is 15.9 Å². The molecular weight excluding hydrogens is 385 g/mol. The van der Waals surface area contributed by atoms with Gasteiger partial charge in [0, 0.05) is 37.6 Å². The van der Waals surface area contributed by atoms with E-state index in [9.17, 15) is 17.6 Å². The first kappa shape index (κ1) is 18.8. The second-order valence-corrected chi connectivity index (χ2v) is 9.11. The molecule has 0 saturated carbocycles. The summed E-state index contributed by atoms with van der Waals surface area (Å²) < 4.78 is 45.0. The molecular formula is C19H20FN3O4S. The molecule has 1 unspecified atom stereocenters. The summed E-state index contributed by atoms with van der Waals surface area (Å²) in [4.78, 5) is 18.7. The Morgan fingerprint density at radius 2 is 2.07 bits per heavy atom. The molecule has 9 heteroatoms. The molecule has 2 aliphatic heterocycles. The zero-order valence-electron chi connectivity index (χ0n) is 15.6. The van der Waals surface area contributed by atoms with Gasteiger partial charge >= 0.3 is 0 Å². The van der Waals surface area contributed by atoms with Crippen LogP contribution in [-0.4, -0.2) is 55.0 Å². The number of ether oxygens (including phenoxy) is 1. The summed E-state index contributed by atoms with van der Waals surface area (Å²) in [6.07, 6.45) is 1.56. The quantitative estimate of drug-likeness (QED) is 0.778. The molecule has 1 amide bonds. The Balaban J connectivity index is 1.71. The summed E-state index contributed by atoms with van der Waals surface area (Å²) in [7, 11) is -3.83. The Bertz CT molecular complexity index is 1060. The van der Waals surface area contributed by atoms with Gasteiger partial charge in [-0.25, -0.2) is 12.8 Å². The highest BCUT2D eigenvalue weighted by atomic mass is 32.2. The minimum atomic E-state index is -3.83. The highest BCUT2D eigenvalue weighted by molar-refractivity contribution is 7.89. The number of sulfonamides is 1. The lowest BCUT2D eigenvalue weighted by atomic mass is 9.90. The molecule has 3 heterocycles. The van der Waals surface area contributed by atoms with Crippen LogP contribution in [0.3, 0.4) is 0 Å². The first-order chi connectivity index (χ1) is 13.3. The van der Waals surface area contributed by atoms with Crippen molar-refractivity contribution in [1.29, 1.82) is 0 Å². The van der Waals surface area contributed by atoms with E-state index in [0.29, 0.717) is 5.56 Å². The van der Waals surface area contributed by atoms with Crippen LogP contribution >= 0.6 is 0 Å². The lowest BCUT2D eigenvalue weighted by molar-refractivity contribution is 0.0376. The number of aryl methyl sites for hydroxylation is 1. The highest BCUT2D eigenvalue weighted by Crippen LogP contribution is 2.42. The third-order valence-corrected chi connectivity index (χ3v) is 7.26. The van der Waals surface area contributed by atoms with E-state index < -0.39 is 22.4 Å². The molecule has 1 saturated heterocycles. The average Bonchev–Trinajstić information content (AvgIpc) is 2.89. The molecule has 148 valence electrons. The molecule has 0 N–H and O–H groups in total. The smallest absolute Gasteiger partial charge is 0.256 e. The second-order valence-electron chi connectivity index (χ2n) is 7.17. The number of amides is 1. The van der Waals surface area contributed by atoms with Crippen molar-refractivity contribution < 1.29 is 22.3 Å². The van der Waals surface area contributed by atoms with Crippen LogP contribution in [0, 0.1) is 6.92 Å². The average molecular weight is 405 g/mol. The van der Waals surface area contributed by atoms with Gasteiger partial charge in [0.1, 0.15) is 5.75 Å². The van der Waals surface area contributed by atoms with Crippen LogP contribution in [0.25, 0.3) is 0 Å². The summed E-state index contributed by atoms with van der Waals surface area (Å²) in [6.45, 7) is 3.27. The number of carbonyl (C=O) groups excluding carboxylic acids is 1. The Morgan fingerprint density at radius 1 is 1.29 bits per heavy atom. The Hall–Kier alpha value is -2.52. The largest absolute Gasteiger partial charge is 0.463 e. The molecule has 0 spiro atoms. The molecule has 1 atom stereocenters. The van der Waals surface area contributed by atoms with E-state index >= 15 is 0 Å². The predicted octanol–water partition coefficient (Wildman–Crippen LogP) is 2.07. The number of pyridine rings is 1. The van der Waals surface area contributed by atoms with Crippen LogP contribution in [0.1, 0.15) is 28.5 Å². The van der Waals surface area contributed by atoms with Crippen molar-refractivity contribution in [1.82, 2.24) is 14.2 Å². The van der Waals surface area contributed by atoms with Gasteiger partial charge in [-0.05, 0) is 37.6 Å². The van der Waals surface area contributed by atoms with Crippen molar-refractivity contribution in [2.45, 2.75) is 24.3 Å². The first-order valence-corrected chi connectivity index (χ1v) is 10.3. The van der Waals surface area contributed by atoms with E-state index in [4.69, 9.17) is 4.74 Å². The number of alkyl halides is 1. The number of halogens is 1. The first-order valence-electron chi connectivity index (χ1n) is 8.85. The number of rotatable bonds is 4. The van der Waals surface area contributed by atoms with Crippen molar-refractivity contribution in [3.8, 4) is 5.75 Å². The lowest BCUT2D eigenvalue weighted by Gasteiger charge is -2.44. The lowest BCUT2D eigenvalue weighted by Crippen LogP contribution is -2.58. The number of piperazine rings is 1. The van der Waals surface area contributed by atoms with E-state index in [-0.39, 0.29) is 36.2 Å². The molecule has 4 rings (SSSR count). The Labute approximate surface area is 162 Å². The van der Waals surface area contributed by atoms with Crippen molar-refractivity contribution in [3.05, 3.63) is 53.3 Å². The van der Waals surface area contributed by atoms with Crippen molar-refractivity contribution in [2.75, 3.05) is 26.5 Å². The molecule has 0 bridgehead atoms. The number of nitrogens with zero attached hydrogens (tertiary/aromatic N) is 3. The normalized spacial score (nSPS) is 22.1. The van der Waals surface area contributed by atoms with Gasteiger partial charge in [0.2, 0.25) is 16.9 Å². The van der Waals surface area contributed by atoms with Crippen molar-refractivity contribution in [3.63, 3.8) is 0 Å². The Kier molecular flexibility index (Phi) is 4.39. The summed E-state index contributed by atoms with van der Waals surface area (Å²) in [5, 5.41) is 0. The van der Waals surface area contributed by atoms with Gasteiger partial charge in [-0.15, -0.1) is 0 Å². The zero-order valence-corrected chi connectivity index (χ0v) is 16.4. The summed E-state index contributed by atoms with van der Waals surface area (Å²) in [5.74, 6) is 0.0249. The summed E-state index contributed by atoms with van der Waals surface area (Å²) >= 11 is 0. The molecule has 1 aromatic carbocycles. The predicted molar refractivity (Wildman–Crippen MR) is 99.2 cm³/mol. The third kappa shape index (κ3) is 2.77. The van der Waals surface area contributed by atoms with E-state index in [1.165, 1.54) is 28.6 Å². The van der Waals surface area contributed by atoms with Gasteiger partial charge < -0.3 is 9.64 Å². The monoisotopic (exact) mass is 405 g/mol. The van der Waals surface area contributed by atoms with Gasteiger partial charge in [0.25, 0.3) is 5.91 Å². The standard InChI is InChI=1S/C19H20FN3O4S/c1-13-8-17-16(10-21-13)18(24)23-7-6-22(11-19(17,23)2)28(25,26)15-5-3-4-14(9-15)27-12-20/h3-5,8-10H,6-7,11-12H2,1-2H3. The van der Waals surface area contributed by atoms with Crippen LogP contribution in [0.5, 0.6) is 5.75 Å². The van der Waals surface area contributed by atoms with Crippen LogP contribution in [-0.2, 0) is 15.6 Å². The molecule has 1 fully saturated rings. The van der Waals surface area contributed by atoms with Crippen LogP contribution < -0.4 is 4.74 Å². The minimum absolute atomic E-state index is 0.0333. The fourth-order valence-electron chi connectivity index (χ4n) is 3.99. The van der Waals surface area contributed by atoms with E-state index in [0.717, 1.165) is 11.3 Å². The maximum absolute atomic E-state index is 13.2. The topological polar surface area (TPSA) is 79.8 Å². The zero-order chi connectivity index (χ0) is 20.1. The minimum Gasteiger partial charge on any atom is -0.463 e. The van der Waals surface area contributed by atoms with Gasteiger partial charge in [0.05, 0.1) is 16.0 Å². The van der Waals surface area contributed by atoms with Gasteiger partial charge in [-0.1, -0.05) is 6.07 Å². The number of carbonyl (C=O) groups is 1. The molecule has 0 radical (unpaired) electrons. The van der Waals surface area contributed by atoms with Gasteiger partial charge in [0.15, 0.2) is 0 Å². The Morgan fingerprint density at radius 3 is 2.82 bits per heavy atom. The van der Waals surface area contributed by atoms with Crippen LogP contribution in [0.2, 0.25) is 0 Å². The second kappa shape index (κ2) is 6.52. The summed E-state index contributed by atoms with van der Waals surface area (Å²) in [5.41, 5.74) is 1.31. The maximum Gasteiger partial charge on any atom is 0.256 e. The molecule has 7 nitrogen and oxygen atoms in total.